The summed E-state index contributed by atoms with van der Waals surface area (Å²) in [5, 5.41) is 3.03. The van der Waals surface area contributed by atoms with Crippen LogP contribution in [0.5, 0.6) is 5.75 Å². The molecule has 2 aromatic rings. The predicted octanol–water partition coefficient (Wildman–Crippen LogP) is 4.54. The first kappa shape index (κ1) is 16.4. The van der Waals surface area contributed by atoms with Crippen molar-refractivity contribution in [2.45, 2.75) is 25.2 Å². The second-order valence-corrected chi connectivity index (χ2v) is 5.86. The van der Waals surface area contributed by atoms with E-state index in [1.807, 2.05) is 49.6 Å². The first-order valence-electron chi connectivity index (χ1n) is 7.22. The van der Waals surface area contributed by atoms with Crippen molar-refractivity contribution in [3.8, 4) is 5.75 Å². The van der Waals surface area contributed by atoms with E-state index >= 15 is 0 Å². The van der Waals surface area contributed by atoms with Gasteiger partial charge in [0.05, 0.1) is 12.7 Å². The van der Waals surface area contributed by atoms with Gasteiger partial charge in [0.1, 0.15) is 5.75 Å². The summed E-state index contributed by atoms with van der Waals surface area (Å²) in [4.78, 5) is 13.7. The zero-order chi connectivity index (χ0) is 16.1. The van der Waals surface area contributed by atoms with E-state index in [-0.39, 0.29) is 5.91 Å². The van der Waals surface area contributed by atoms with Gasteiger partial charge in [-0.3, -0.25) is 4.79 Å². The number of thioether (sulfide) groups is 1. The SMILES string of the molecule is CCc1cccc(C)c1NC(=O)c1ccc(SC)cc1OC. The Labute approximate surface area is 136 Å². The van der Waals surface area contributed by atoms with Gasteiger partial charge in [-0.1, -0.05) is 25.1 Å². The molecule has 0 fully saturated rings. The van der Waals surface area contributed by atoms with Crippen molar-refractivity contribution in [3.05, 3.63) is 53.1 Å². The molecule has 0 heterocycles. The van der Waals surface area contributed by atoms with E-state index in [1.165, 1.54) is 0 Å². The number of para-hydroxylation sites is 1. The Morgan fingerprint density at radius 1 is 1.27 bits per heavy atom. The van der Waals surface area contributed by atoms with E-state index in [0.717, 1.165) is 28.1 Å². The first-order chi connectivity index (χ1) is 10.6. The van der Waals surface area contributed by atoms with Crippen LogP contribution < -0.4 is 10.1 Å². The van der Waals surface area contributed by atoms with Crippen molar-refractivity contribution >= 4 is 23.4 Å². The van der Waals surface area contributed by atoms with Gasteiger partial charge in [0.2, 0.25) is 0 Å². The Morgan fingerprint density at radius 3 is 2.68 bits per heavy atom. The van der Waals surface area contributed by atoms with Crippen molar-refractivity contribution in [2.75, 3.05) is 18.7 Å². The maximum absolute atomic E-state index is 12.6. The number of carbonyl (C=O) groups is 1. The van der Waals surface area contributed by atoms with Crippen molar-refractivity contribution in [1.82, 2.24) is 0 Å². The van der Waals surface area contributed by atoms with Crippen LogP contribution in [0, 0.1) is 6.92 Å². The highest BCUT2D eigenvalue weighted by molar-refractivity contribution is 7.98. The van der Waals surface area contributed by atoms with Gasteiger partial charge in [-0.25, -0.2) is 0 Å². The van der Waals surface area contributed by atoms with Crippen LogP contribution in [-0.4, -0.2) is 19.3 Å². The fourth-order valence-electron chi connectivity index (χ4n) is 2.37. The molecule has 2 rings (SSSR count). The number of carbonyl (C=O) groups excluding carboxylic acids is 1. The standard InChI is InChI=1S/C18H21NO2S/c1-5-13-8-6-7-12(2)17(13)19-18(20)15-10-9-14(22-4)11-16(15)21-3/h6-11H,5H2,1-4H3,(H,19,20). The third kappa shape index (κ3) is 3.45. The zero-order valence-electron chi connectivity index (χ0n) is 13.4. The summed E-state index contributed by atoms with van der Waals surface area (Å²) in [5.41, 5.74) is 3.64. The molecule has 0 atom stereocenters. The summed E-state index contributed by atoms with van der Waals surface area (Å²) in [6.07, 6.45) is 2.87. The van der Waals surface area contributed by atoms with Gasteiger partial charge in [-0.05, 0) is 48.9 Å². The number of methoxy groups -OCH3 is 1. The molecule has 1 amide bonds. The van der Waals surface area contributed by atoms with E-state index in [4.69, 9.17) is 4.74 Å². The van der Waals surface area contributed by atoms with Crippen molar-refractivity contribution < 1.29 is 9.53 Å². The van der Waals surface area contributed by atoms with Crippen molar-refractivity contribution in [2.24, 2.45) is 0 Å². The van der Waals surface area contributed by atoms with Crippen molar-refractivity contribution in [1.29, 1.82) is 0 Å². The highest BCUT2D eigenvalue weighted by atomic mass is 32.2. The van der Waals surface area contributed by atoms with E-state index < -0.39 is 0 Å². The number of hydrogen-bond donors (Lipinski definition) is 1. The van der Waals surface area contributed by atoms with Crippen LogP contribution in [-0.2, 0) is 6.42 Å². The number of nitrogens with one attached hydrogen (secondary N) is 1. The van der Waals surface area contributed by atoms with Crippen LogP contribution in [0.15, 0.2) is 41.3 Å². The largest absolute Gasteiger partial charge is 0.496 e. The maximum Gasteiger partial charge on any atom is 0.259 e. The lowest BCUT2D eigenvalue weighted by molar-refractivity contribution is 0.102. The fourth-order valence-corrected chi connectivity index (χ4v) is 2.80. The van der Waals surface area contributed by atoms with Crippen LogP contribution in [0.4, 0.5) is 5.69 Å². The summed E-state index contributed by atoms with van der Waals surface area (Å²) < 4.78 is 5.36. The maximum atomic E-state index is 12.6. The molecule has 0 aliphatic heterocycles. The molecule has 22 heavy (non-hydrogen) atoms. The van der Waals surface area contributed by atoms with Crippen LogP contribution in [0.25, 0.3) is 0 Å². The number of amides is 1. The first-order valence-corrected chi connectivity index (χ1v) is 8.45. The Balaban J connectivity index is 2.34. The van der Waals surface area contributed by atoms with Crippen LogP contribution in [0.2, 0.25) is 0 Å². The molecule has 0 aliphatic carbocycles. The van der Waals surface area contributed by atoms with Gasteiger partial charge in [0.15, 0.2) is 0 Å². The molecule has 0 aromatic heterocycles. The number of anilines is 1. The number of hydrogen-bond acceptors (Lipinski definition) is 3. The molecule has 0 bridgehead atoms. The monoisotopic (exact) mass is 315 g/mol. The Hall–Kier alpha value is -1.94. The third-order valence-electron chi connectivity index (χ3n) is 3.63. The van der Waals surface area contributed by atoms with Gasteiger partial charge >= 0.3 is 0 Å². The molecule has 0 saturated heterocycles. The van der Waals surface area contributed by atoms with Crippen LogP contribution >= 0.6 is 11.8 Å². The lowest BCUT2D eigenvalue weighted by Crippen LogP contribution is -2.15. The minimum absolute atomic E-state index is 0.145. The molecule has 4 heteroatoms. The minimum Gasteiger partial charge on any atom is -0.496 e. The smallest absolute Gasteiger partial charge is 0.259 e. The Kier molecular flexibility index (Phi) is 5.50. The number of benzene rings is 2. The lowest BCUT2D eigenvalue weighted by Gasteiger charge is -2.15. The summed E-state index contributed by atoms with van der Waals surface area (Å²) >= 11 is 1.62. The molecule has 0 spiro atoms. The highest BCUT2D eigenvalue weighted by Gasteiger charge is 2.15. The average Bonchev–Trinajstić information content (AvgIpc) is 2.55. The molecule has 3 nitrogen and oxygen atoms in total. The zero-order valence-corrected chi connectivity index (χ0v) is 14.2. The second-order valence-electron chi connectivity index (χ2n) is 4.98. The van der Waals surface area contributed by atoms with Crippen molar-refractivity contribution in [3.63, 3.8) is 0 Å². The third-order valence-corrected chi connectivity index (χ3v) is 4.36. The van der Waals surface area contributed by atoms with E-state index in [1.54, 1.807) is 18.9 Å². The number of rotatable bonds is 5. The van der Waals surface area contributed by atoms with E-state index in [0.29, 0.717) is 11.3 Å². The molecular formula is C18H21NO2S. The van der Waals surface area contributed by atoms with Gasteiger partial charge in [-0.15, -0.1) is 11.8 Å². The molecule has 0 radical (unpaired) electrons. The molecule has 116 valence electrons. The normalized spacial score (nSPS) is 10.4. The van der Waals surface area contributed by atoms with Crippen LogP contribution in [0.3, 0.4) is 0 Å². The van der Waals surface area contributed by atoms with Gasteiger partial charge in [0, 0.05) is 10.6 Å². The highest BCUT2D eigenvalue weighted by Crippen LogP contribution is 2.27. The molecule has 1 N–H and O–H groups in total. The van der Waals surface area contributed by atoms with Gasteiger partial charge < -0.3 is 10.1 Å². The molecule has 0 saturated carbocycles. The van der Waals surface area contributed by atoms with E-state index in [9.17, 15) is 4.79 Å². The average molecular weight is 315 g/mol. The quantitative estimate of drug-likeness (QED) is 0.823. The van der Waals surface area contributed by atoms with E-state index in [2.05, 4.69) is 12.2 Å². The Bertz CT molecular complexity index is 683. The summed E-state index contributed by atoms with van der Waals surface area (Å²) in [6.45, 7) is 4.08. The second kappa shape index (κ2) is 7.36. The molecule has 0 aliphatic rings. The lowest BCUT2D eigenvalue weighted by atomic mass is 10.1. The molecule has 2 aromatic carbocycles. The van der Waals surface area contributed by atoms with Gasteiger partial charge in [-0.2, -0.15) is 0 Å². The number of ether oxygens (including phenoxy) is 1. The summed E-state index contributed by atoms with van der Waals surface area (Å²) in [6, 6.07) is 11.7. The Morgan fingerprint density at radius 2 is 2.05 bits per heavy atom. The number of aryl methyl sites for hydroxylation is 2. The minimum atomic E-state index is -0.145. The summed E-state index contributed by atoms with van der Waals surface area (Å²) in [7, 11) is 1.58. The van der Waals surface area contributed by atoms with Crippen LogP contribution in [0.1, 0.15) is 28.4 Å². The summed E-state index contributed by atoms with van der Waals surface area (Å²) in [5.74, 6) is 0.449. The molecule has 0 unspecified atom stereocenters. The predicted molar refractivity (Wildman–Crippen MR) is 93.3 cm³/mol. The fraction of sp³-hybridized carbons (Fsp3) is 0.278. The topological polar surface area (TPSA) is 38.3 Å². The molecular weight excluding hydrogens is 294 g/mol. The van der Waals surface area contributed by atoms with Gasteiger partial charge in [0.25, 0.3) is 5.91 Å².